The van der Waals surface area contributed by atoms with Gasteiger partial charge in [0, 0.05) is 5.92 Å². The fourth-order valence-corrected chi connectivity index (χ4v) is 4.67. The minimum Gasteiger partial charge on any atom is -0.385 e. The quantitative estimate of drug-likeness (QED) is 0.668. The Labute approximate surface area is 97.2 Å². The smallest absolute Gasteiger partial charge is 0.0927 e. The fraction of sp³-hybridized carbons (Fsp3) is 0.733. The van der Waals surface area contributed by atoms with Gasteiger partial charge in [-0.25, -0.2) is 0 Å². The van der Waals surface area contributed by atoms with Crippen LogP contribution in [0.4, 0.5) is 0 Å². The number of fused-ring (bicyclic) bond motifs is 4. The Hall–Kier alpha value is -0.560. The highest BCUT2D eigenvalue weighted by Crippen LogP contribution is 2.55. The highest BCUT2D eigenvalue weighted by molar-refractivity contribution is 5.34. The third kappa shape index (κ3) is 1.10. The molecule has 16 heavy (non-hydrogen) atoms. The monoisotopic (exact) mass is 216 g/mol. The van der Waals surface area contributed by atoms with Gasteiger partial charge in [-0.2, -0.15) is 0 Å². The maximum absolute atomic E-state index is 11.1. The zero-order chi connectivity index (χ0) is 10.8. The van der Waals surface area contributed by atoms with Crippen LogP contribution in [0.15, 0.2) is 23.8 Å². The molecule has 0 unspecified atom stereocenters. The van der Waals surface area contributed by atoms with E-state index in [-0.39, 0.29) is 0 Å². The number of hydrogen-bond acceptors (Lipinski definition) is 1. The van der Waals surface area contributed by atoms with E-state index < -0.39 is 5.60 Å². The molecule has 5 atom stereocenters. The van der Waals surface area contributed by atoms with Gasteiger partial charge in [0.1, 0.15) is 0 Å². The molecule has 0 saturated heterocycles. The van der Waals surface area contributed by atoms with Crippen molar-refractivity contribution in [1.82, 2.24) is 0 Å². The van der Waals surface area contributed by atoms with E-state index in [0.29, 0.717) is 11.8 Å². The first-order valence-corrected chi connectivity index (χ1v) is 6.88. The van der Waals surface area contributed by atoms with Crippen molar-refractivity contribution in [3.8, 4) is 0 Å². The molecule has 2 fully saturated rings. The number of rotatable bonds is 1. The van der Waals surface area contributed by atoms with Crippen LogP contribution in [-0.2, 0) is 0 Å². The van der Waals surface area contributed by atoms with E-state index in [9.17, 15) is 5.11 Å². The topological polar surface area (TPSA) is 20.2 Å². The molecule has 5 rings (SSSR count). The SMILES string of the molecule is O[C@]1(C2=C[C@@H]3CC[C@H]2C3)C[C@H]2C=C[C@@H]1CC2. The van der Waals surface area contributed by atoms with Crippen molar-refractivity contribution in [2.24, 2.45) is 23.7 Å². The van der Waals surface area contributed by atoms with Crippen LogP contribution in [0.1, 0.15) is 38.5 Å². The van der Waals surface area contributed by atoms with Crippen LogP contribution in [0.5, 0.6) is 0 Å². The predicted molar refractivity (Wildman–Crippen MR) is 63.8 cm³/mol. The van der Waals surface area contributed by atoms with Crippen LogP contribution in [0.2, 0.25) is 0 Å². The van der Waals surface area contributed by atoms with Crippen molar-refractivity contribution in [1.29, 1.82) is 0 Å². The summed E-state index contributed by atoms with van der Waals surface area (Å²) < 4.78 is 0. The average Bonchev–Trinajstić information content (AvgIpc) is 2.92. The molecule has 0 aromatic heterocycles. The summed E-state index contributed by atoms with van der Waals surface area (Å²) in [6, 6.07) is 0. The number of hydrogen-bond donors (Lipinski definition) is 1. The van der Waals surface area contributed by atoms with Crippen LogP contribution in [0, 0.1) is 23.7 Å². The van der Waals surface area contributed by atoms with Gasteiger partial charge < -0.3 is 5.11 Å². The highest BCUT2D eigenvalue weighted by atomic mass is 16.3. The Balaban J connectivity index is 1.72. The minimum atomic E-state index is -0.447. The first kappa shape index (κ1) is 9.47. The number of aliphatic hydroxyl groups is 1. The van der Waals surface area contributed by atoms with E-state index in [0.717, 1.165) is 18.3 Å². The highest BCUT2D eigenvalue weighted by Gasteiger charge is 2.50. The Morgan fingerprint density at radius 2 is 1.94 bits per heavy atom. The molecule has 1 nitrogen and oxygen atoms in total. The van der Waals surface area contributed by atoms with Gasteiger partial charge in [0.05, 0.1) is 5.60 Å². The van der Waals surface area contributed by atoms with Crippen LogP contribution in [0.25, 0.3) is 0 Å². The minimum absolute atomic E-state index is 0.420. The van der Waals surface area contributed by atoms with E-state index in [1.54, 1.807) is 0 Å². The summed E-state index contributed by atoms with van der Waals surface area (Å²) in [6.07, 6.45) is 14.6. The molecule has 0 aromatic rings. The zero-order valence-electron chi connectivity index (χ0n) is 9.73. The molecule has 0 aliphatic heterocycles. The molecule has 1 N–H and O–H groups in total. The fourth-order valence-electron chi connectivity index (χ4n) is 4.67. The molecule has 2 saturated carbocycles. The second-order valence-electron chi connectivity index (χ2n) is 6.35. The van der Waals surface area contributed by atoms with E-state index in [1.807, 2.05) is 0 Å². The third-order valence-electron chi connectivity index (χ3n) is 5.48. The number of allylic oxidation sites excluding steroid dienone is 2. The summed E-state index contributed by atoms with van der Waals surface area (Å²) >= 11 is 0. The van der Waals surface area contributed by atoms with E-state index in [4.69, 9.17) is 0 Å². The maximum atomic E-state index is 11.1. The molecule has 0 aromatic carbocycles. The Morgan fingerprint density at radius 3 is 2.44 bits per heavy atom. The zero-order valence-corrected chi connectivity index (χ0v) is 9.73. The van der Waals surface area contributed by atoms with Crippen molar-refractivity contribution in [2.75, 3.05) is 0 Å². The van der Waals surface area contributed by atoms with Gasteiger partial charge in [-0.1, -0.05) is 18.2 Å². The van der Waals surface area contributed by atoms with Gasteiger partial charge in [0.2, 0.25) is 0 Å². The molecule has 0 amide bonds. The lowest BCUT2D eigenvalue weighted by molar-refractivity contribution is -0.0236. The van der Waals surface area contributed by atoms with Crippen molar-refractivity contribution in [2.45, 2.75) is 44.1 Å². The van der Waals surface area contributed by atoms with Crippen LogP contribution in [0.3, 0.4) is 0 Å². The van der Waals surface area contributed by atoms with Gasteiger partial charge in [-0.05, 0) is 61.9 Å². The second-order valence-corrected chi connectivity index (χ2v) is 6.35. The first-order chi connectivity index (χ1) is 7.75. The van der Waals surface area contributed by atoms with E-state index >= 15 is 0 Å². The van der Waals surface area contributed by atoms with Gasteiger partial charge in [-0.3, -0.25) is 0 Å². The summed E-state index contributed by atoms with van der Waals surface area (Å²) in [6.45, 7) is 0. The lowest BCUT2D eigenvalue weighted by Crippen LogP contribution is -2.47. The molecular weight excluding hydrogens is 196 g/mol. The Morgan fingerprint density at radius 1 is 1.06 bits per heavy atom. The van der Waals surface area contributed by atoms with Crippen LogP contribution >= 0.6 is 0 Å². The molecule has 5 aliphatic carbocycles. The van der Waals surface area contributed by atoms with E-state index in [1.165, 1.54) is 37.7 Å². The predicted octanol–water partition coefficient (Wildman–Crippen LogP) is 3.06. The molecule has 0 spiro atoms. The van der Waals surface area contributed by atoms with E-state index in [2.05, 4.69) is 18.2 Å². The largest absolute Gasteiger partial charge is 0.385 e. The summed E-state index contributed by atoms with van der Waals surface area (Å²) in [5.74, 6) is 2.59. The molecular formula is C15H20O. The lowest BCUT2D eigenvalue weighted by Gasteiger charge is -2.47. The molecule has 86 valence electrons. The lowest BCUT2D eigenvalue weighted by atomic mass is 9.61. The van der Waals surface area contributed by atoms with Crippen molar-refractivity contribution < 1.29 is 5.11 Å². The van der Waals surface area contributed by atoms with Gasteiger partial charge >= 0.3 is 0 Å². The summed E-state index contributed by atoms with van der Waals surface area (Å²) in [5.41, 5.74) is 0.986. The van der Waals surface area contributed by atoms with Crippen molar-refractivity contribution in [3.63, 3.8) is 0 Å². The van der Waals surface area contributed by atoms with Crippen LogP contribution < -0.4 is 0 Å². The first-order valence-electron chi connectivity index (χ1n) is 6.88. The second kappa shape index (κ2) is 3.01. The van der Waals surface area contributed by atoms with Crippen molar-refractivity contribution >= 4 is 0 Å². The maximum Gasteiger partial charge on any atom is 0.0927 e. The molecule has 0 heterocycles. The van der Waals surface area contributed by atoms with Crippen molar-refractivity contribution in [3.05, 3.63) is 23.8 Å². The molecule has 1 heteroatoms. The van der Waals surface area contributed by atoms with Gasteiger partial charge in [-0.15, -0.1) is 0 Å². The average molecular weight is 216 g/mol. The Bertz CT molecular complexity index is 381. The normalized spacial score (nSPS) is 53.4. The standard InChI is InChI=1S/C15H20O/c16-15(9-10-2-5-13(15)6-3-10)14-8-11-1-4-12(14)7-11/h2,5,8,10-13,16H,1,3-4,6-7,9H2/t10-,11+,12-,13+,15+/m0/s1. The van der Waals surface area contributed by atoms with Gasteiger partial charge in [0.15, 0.2) is 0 Å². The van der Waals surface area contributed by atoms with Gasteiger partial charge in [0.25, 0.3) is 0 Å². The summed E-state index contributed by atoms with van der Waals surface area (Å²) in [7, 11) is 0. The van der Waals surface area contributed by atoms with Crippen LogP contribution in [-0.4, -0.2) is 10.7 Å². The summed E-state index contributed by atoms with van der Waals surface area (Å²) in [4.78, 5) is 0. The third-order valence-corrected chi connectivity index (χ3v) is 5.48. The molecule has 4 bridgehead atoms. The summed E-state index contributed by atoms with van der Waals surface area (Å²) in [5, 5.41) is 11.1. The Kier molecular flexibility index (Phi) is 1.78. The molecule has 5 aliphatic rings. The molecule has 0 radical (unpaired) electrons.